The van der Waals surface area contributed by atoms with Gasteiger partial charge in [0, 0.05) is 48.2 Å². The monoisotopic (exact) mass is 405 g/mol. The Labute approximate surface area is 167 Å². The molecule has 1 aliphatic rings. The predicted molar refractivity (Wildman–Crippen MR) is 107 cm³/mol. The van der Waals surface area contributed by atoms with Crippen molar-refractivity contribution in [2.24, 2.45) is 7.05 Å². The maximum atomic E-state index is 12.1. The average molecular weight is 405 g/mol. The molecule has 1 N–H and O–H groups in total. The third-order valence-corrected chi connectivity index (χ3v) is 5.24. The summed E-state index contributed by atoms with van der Waals surface area (Å²) in [4.78, 5) is 12.1. The maximum absolute atomic E-state index is 12.1. The second-order valence-corrected chi connectivity index (χ2v) is 7.57. The summed E-state index contributed by atoms with van der Waals surface area (Å²) in [5, 5.41) is 0. The first-order valence-electron chi connectivity index (χ1n) is 9.44. The highest BCUT2D eigenvalue weighted by Gasteiger charge is 2.22. The first kappa shape index (κ1) is 20.6. The van der Waals surface area contributed by atoms with E-state index < -0.39 is 11.3 Å². The lowest BCUT2D eigenvalue weighted by molar-refractivity contribution is 0.121. The van der Waals surface area contributed by atoms with Crippen LogP contribution in [0.3, 0.4) is 0 Å². The van der Waals surface area contributed by atoms with Crippen LogP contribution < -0.4 is 19.8 Å². The van der Waals surface area contributed by atoms with Crippen LogP contribution in [0.25, 0.3) is 11.1 Å². The second kappa shape index (κ2) is 9.36. The quantitative estimate of drug-likeness (QED) is 0.646. The minimum Gasteiger partial charge on any atom is -0.760 e. The summed E-state index contributed by atoms with van der Waals surface area (Å²) in [5.74, 6) is 1.26. The number of aromatic nitrogens is 1. The van der Waals surface area contributed by atoms with Gasteiger partial charge in [0.1, 0.15) is 11.5 Å². The van der Waals surface area contributed by atoms with Crippen LogP contribution in [0.15, 0.2) is 35.3 Å². The molecular weight excluding hydrogens is 380 g/mol. The number of nitrogens with one attached hydrogen (secondary N) is 1. The Bertz CT molecular complexity index is 908. The number of benzene rings is 1. The molecule has 2 aromatic rings. The van der Waals surface area contributed by atoms with Crippen LogP contribution in [-0.2, 0) is 24.7 Å². The fourth-order valence-electron chi connectivity index (χ4n) is 3.08. The molecule has 1 heterocycles. The SMILES string of the molecule is CCOc1cc(=O)n(C)cc1-c1cc(CCNS(=O)[O-])ccc1OC1CCC1. The summed E-state index contributed by atoms with van der Waals surface area (Å²) in [7, 11) is 1.70. The van der Waals surface area contributed by atoms with Crippen LogP contribution >= 0.6 is 0 Å². The molecule has 0 spiro atoms. The first-order valence-corrected chi connectivity index (χ1v) is 10.5. The van der Waals surface area contributed by atoms with Gasteiger partial charge in [-0.05, 0) is 50.3 Å². The molecule has 0 bridgehead atoms. The normalized spacial score (nSPS) is 15.1. The molecule has 3 rings (SSSR count). The summed E-state index contributed by atoms with van der Waals surface area (Å²) < 4.78 is 37.2. The first-order chi connectivity index (χ1) is 13.5. The third kappa shape index (κ3) is 5.01. The number of pyridine rings is 1. The molecule has 28 heavy (non-hydrogen) atoms. The van der Waals surface area contributed by atoms with Gasteiger partial charge in [-0.2, -0.15) is 0 Å². The van der Waals surface area contributed by atoms with Crippen LogP contribution in [0, 0.1) is 0 Å². The van der Waals surface area contributed by atoms with E-state index in [1.54, 1.807) is 13.2 Å². The van der Waals surface area contributed by atoms with Gasteiger partial charge in [-0.3, -0.25) is 9.00 Å². The Morgan fingerprint density at radius 2 is 2.04 bits per heavy atom. The lowest BCUT2D eigenvalue weighted by atomic mass is 9.95. The number of rotatable bonds is 9. The van der Waals surface area contributed by atoms with Crippen molar-refractivity contribution in [1.29, 1.82) is 0 Å². The highest BCUT2D eigenvalue weighted by atomic mass is 32.2. The van der Waals surface area contributed by atoms with Gasteiger partial charge in [-0.15, -0.1) is 0 Å². The van der Waals surface area contributed by atoms with Gasteiger partial charge in [0.05, 0.1) is 12.7 Å². The van der Waals surface area contributed by atoms with Crippen molar-refractivity contribution in [1.82, 2.24) is 9.29 Å². The molecule has 0 amide bonds. The summed E-state index contributed by atoms with van der Waals surface area (Å²) in [6.45, 7) is 2.63. The van der Waals surface area contributed by atoms with E-state index >= 15 is 0 Å². The van der Waals surface area contributed by atoms with Crippen LogP contribution in [0.2, 0.25) is 0 Å². The van der Waals surface area contributed by atoms with E-state index in [9.17, 15) is 13.6 Å². The molecule has 1 aromatic carbocycles. The molecular formula is C20H25N2O5S-. The molecule has 1 saturated carbocycles. The Hall–Kier alpha value is -2.16. The van der Waals surface area contributed by atoms with Gasteiger partial charge in [0.15, 0.2) is 0 Å². The smallest absolute Gasteiger partial charge is 0.254 e. The zero-order chi connectivity index (χ0) is 20.1. The molecule has 1 aliphatic carbocycles. The fraction of sp³-hybridized carbons (Fsp3) is 0.450. The van der Waals surface area contributed by atoms with Crippen molar-refractivity contribution in [2.45, 2.75) is 38.7 Å². The van der Waals surface area contributed by atoms with Crippen molar-refractivity contribution < 1.29 is 18.2 Å². The van der Waals surface area contributed by atoms with Gasteiger partial charge in [-0.25, -0.2) is 4.72 Å². The van der Waals surface area contributed by atoms with Crippen molar-refractivity contribution in [2.75, 3.05) is 13.2 Å². The van der Waals surface area contributed by atoms with Gasteiger partial charge in [-0.1, -0.05) is 6.07 Å². The molecule has 8 heteroatoms. The maximum Gasteiger partial charge on any atom is 0.254 e. The van der Waals surface area contributed by atoms with Crippen molar-refractivity contribution in [3.05, 3.63) is 46.4 Å². The predicted octanol–water partition coefficient (Wildman–Crippen LogP) is 2.31. The van der Waals surface area contributed by atoms with Crippen molar-refractivity contribution in [3.63, 3.8) is 0 Å². The van der Waals surface area contributed by atoms with Gasteiger partial charge in [0.25, 0.3) is 5.56 Å². The van der Waals surface area contributed by atoms with Gasteiger partial charge in [0.2, 0.25) is 0 Å². The largest absolute Gasteiger partial charge is 0.760 e. The molecule has 1 fully saturated rings. The second-order valence-electron chi connectivity index (χ2n) is 6.81. The Morgan fingerprint density at radius 1 is 1.25 bits per heavy atom. The lowest BCUT2D eigenvalue weighted by Crippen LogP contribution is -2.25. The molecule has 1 aromatic heterocycles. The molecule has 1 atom stereocenters. The summed E-state index contributed by atoms with van der Waals surface area (Å²) >= 11 is -2.28. The Morgan fingerprint density at radius 3 is 2.68 bits per heavy atom. The highest BCUT2D eigenvalue weighted by molar-refractivity contribution is 7.77. The number of hydrogen-bond donors (Lipinski definition) is 1. The standard InChI is InChI=1S/C20H26N2O5S/c1-3-26-19-12-20(23)22(2)13-17(19)16-11-14(9-10-21-28(24)25)7-8-18(16)27-15-5-4-6-15/h7-8,11-13,15,21H,3-6,9-10H2,1-2H3,(H,24,25)/p-1. The summed E-state index contributed by atoms with van der Waals surface area (Å²) in [6.07, 6.45) is 5.74. The zero-order valence-corrected chi connectivity index (χ0v) is 16.9. The third-order valence-electron chi connectivity index (χ3n) is 4.80. The molecule has 0 radical (unpaired) electrons. The highest BCUT2D eigenvalue weighted by Crippen LogP contribution is 2.38. The van der Waals surface area contributed by atoms with Crippen LogP contribution in [-0.4, -0.2) is 32.6 Å². The van der Waals surface area contributed by atoms with E-state index in [2.05, 4.69) is 4.72 Å². The fourth-order valence-corrected chi connectivity index (χ4v) is 3.35. The molecule has 0 saturated heterocycles. The minimum absolute atomic E-state index is 0.146. The van der Waals surface area contributed by atoms with E-state index in [0.717, 1.165) is 35.3 Å². The molecule has 7 nitrogen and oxygen atoms in total. The van der Waals surface area contributed by atoms with E-state index in [1.165, 1.54) is 17.1 Å². The summed E-state index contributed by atoms with van der Waals surface area (Å²) in [6, 6.07) is 7.32. The average Bonchev–Trinajstić information content (AvgIpc) is 2.62. The van der Waals surface area contributed by atoms with Gasteiger partial charge >= 0.3 is 0 Å². The van der Waals surface area contributed by atoms with Crippen LogP contribution in [0.4, 0.5) is 0 Å². The van der Waals surface area contributed by atoms with E-state index in [1.807, 2.05) is 25.1 Å². The summed E-state index contributed by atoms with van der Waals surface area (Å²) in [5.41, 5.74) is 2.43. The Balaban J connectivity index is 2.01. The van der Waals surface area contributed by atoms with Crippen molar-refractivity contribution >= 4 is 11.3 Å². The van der Waals surface area contributed by atoms with E-state index in [0.29, 0.717) is 25.3 Å². The number of nitrogens with zero attached hydrogens (tertiary/aromatic N) is 1. The topological polar surface area (TPSA) is 92.6 Å². The number of aryl methyl sites for hydroxylation is 1. The zero-order valence-electron chi connectivity index (χ0n) is 16.1. The van der Waals surface area contributed by atoms with E-state index in [-0.39, 0.29) is 11.7 Å². The molecule has 152 valence electrons. The number of hydrogen-bond acceptors (Lipinski definition) is 5. The Kier molecular flexibility index (Phi) is 6.88. The molecule has 1 unspecified atom stereocenters. The van der Waals surface area contributed by atoms with Crippen LogP contribution in [0.1, 0.15) is 31.7 Å². The van der Waals surface area contributed by atoms with E-state index in [4.69, 9.17) is 9.47 Å². The minimum atomic E-state index is -2.28. The van der Waals surface area contributed by atoms with Crippen molar-refractivity contribution in [3.8, 4) is 22.6 Å². The van der Waals surface area contributed by atoms with Gasteiger partial charge < -0.3 is 18.6 Å². The van der Waals surface area contributed by atoms with Crippen LogP contribution in [0.5, 0.6) is 11.5 Å². The lowest BCUT2D eigenvalue weighted by Gasteiger charge is -2.28. The molecule has 0 aliphatic heterocycles. The number of ether oxygens (including phenoxy) is 2.